The van der Waals surface area contributed by atoms with Crippen LogP contribution >= 0.6 is 22.7 Å². The number of aromatic nitrogens is 1. The molecule has 2 aromatic heterocycles. The number of likely N-dealkylation sites (N-methyl/N-ethyl adjacent to an activating group) is 1. The van der Waals surface area contributed by atoms with Crippen molar-refractivity contribution in [3.63, 3.8) is 0 Å². The molecule has 0 spiro atoms. The van der Waals surface area contributed by atoms with E-state index in [9.17, 15) is 4.79 Å². The number of thiazole rings is 1. The highest BCUT2D eigenvalue weighted by Crippen LogP contribution is 2.40. The van der Waals surface area contributed by atoms with Gasteiger partial charge in [0.1, 0.15) is 21.7 Å². The second kappa shape index (κ2) is 8.03. The number of ether oxygens (including phenoxy) is 2. The molecule has 8 heteroatoms. The van der Waals surface area contributed by atoms with E-state index in [1.54, 1.807) is 19.1 Å². The van der Waals surface area contributed by atoms with Crippen LogP contribution in [0.15, 0.2) is 29.6 Å². The molecule has 0 saturated heterocycles. The van der Waals surface area contributed by atoms with E-state index in [2.05, 4.69) is 0 Å². The number of benzene rings is 1. The van der Waals surface area contributed by atoms with E-state index in [0.717, 1.165) is 17.0 Å². The summed E-state index contributed by atoms with van der Waals surface area (Å²) in [6.45, 7) is 1.29. The Hall–Kier alpha value is -2.16. The van der Waals surface area contributed by atoms with Crippen LogP contribution in [0.2, 0.25) is 0 Å². The molecule has 0 aliphatic carbocycles. The van der Waals surface area contributed by atoms with Crippen LogP contribution in [0.25, 0.3) is 10.2 Å². The fourth-order valence-corrected chi connectivity index (χ4v) is 4.28. The highest BCUT2D eigenvalue weighted by molar-refractivity contribution is 7.23. The average molecular weight is 392 g/mol. The molecule has 0 saturated carbocycles. The van der Waals surface area contributed by atoms with Crippen molar-refractivity contribution in [2.45, 2.75) is 0 Å². The van der Waals surface area contributed by atoms with Gasteiger partial charge in [0, 0.05) is 13.1 Å². The Balaban J connectivity index is 2.06. The molecule has 3 rings (SSSR count). The van der Waals surface area contributed by atoms with Gasteiger partial charge in [0.05, 0.1) is 19.1 Å². The monoisotopic (exact) mass is 391 g/mol. The Morgan fingerprint density at radius 2 is 1.85 bits per heavy atom. The van der Waals surface area contributed by atoms with Crippen LogP contribution in [-0.4, -0.2) is 57.2 Å². The minimum absolute atomic E-state index is 0.0427. The molecular weight excluding hydrogens is 370 g/mol. The molecule has 138 valence electrons. The molecule has 0 N–H and O–H groups in total. The lowest BCUT2D eigenvalue weighted by molar-refractivity contribution is 0.0989. The third-order valence-corrected chi connectivity index (χ3v) is 5.83. The Kier molecular flexibility index (Phi) is 5.75. The van der Waals surface area contributed by atoms with E-state index >= 15 is 0 Å². The number of hydrogen-bond donors (Lipinski definition) is 0. The Morgan fingerprint density at radius 1 is 1.12 bits per heavy atom. The molecule has 6 nitrogen and oxygen atoms in total. The van der Waals surface area contributed by atoms with Gasteiger partial charge in [-0.15, -0.1) is 11.3 Å². The van der Waals surface area contributed by atoms with E-state index in [-0.39, 0.29) is 5.91 Å². The first-order valence-electron chi connectivity index (χ1n) is 8.06. The Labute approximate surface area is 160 Å². The van der Waals surface area contributed by atoms with E-state index in [1.807, 2.05) is 48.6 Å². The van der Waals surface area contributed by atoms with Crippen molar-refractivity contribution in [3.05, 3.63) is 34.5 Å². The van der Waals surface area contributed by atoms with Gasteiger partial charge in [0.2, 0.25) is 0 Å². The lowest BCUT2D eigenvalue weighted by atomic mass is 10.3. The summed E-state index contributed by atoms with van der Waals surface area (Å²) in [4.78, 5) is 22.2. The lowest BCUT2D eigenvalue weighted by Gasteiger charge is -2.21. The molecule has 1 aromatic carbocycles. The van der Waals surface area contributed by atoms with Gasteiger partial charge in [-0.3, -0.25) is 9.69 Å². The highest BCUT2D eigenvalue weighted by atomic mass is 32.1. The maximum Gasteiger partial charge on any atom is 0.270 e. The average Bonchev–Trinajstić information content (AvgIpc) is 3.30. The number of thiophene rings is 1. The van der Waals surface area contributed by atoms with Crippen LogP contribution in [0.4, 0.5) is 5.13 Å². The topological polar surface area (TPSA) is 54.9 Å². The summed E-state index contributed by atoms with van der Waals surface area (Å²) in [5.74, 6) is 1.35. The summed E-state index contributed by atoms with van der Waals surface area (Å²) >= 11 is 2.87. The number of anilines is 1. The number of rotatable bonds is 7. The molecule has 0 aliphatic heterocycles. The third-order valence-electron chi connectivity index (χ3n) is 3.88. The summed E-state index contributed by atoms with van der Waals surface area (Å²) in [6, 6.07) is 7.40. The largest absolute Gasteiger partial charge is 0.495 e. The van der Waals surface area contributed by atoms with E-state index in [1.165, 1.54) is 22.7 Å². The molecular formula is C18H21N3O3S2. The van der Waals surface area contributed by atoms with Gasteiger partial charge in [-0.2, -0.15) is 0 Å². The van der Waals surface area contributed by atoms with Crippen LogP contribution in [0.3, 0.4) is 0 Å². The normalized spacial score (nSPS) is 11.1. The minimum Gasteiger partial charge on any atom is -0.495 e. The molecule has 0 radical (unpaired) electrons. The van der Waals surface area contributed by atoms with E-state index in [4.69, 9.17) is 14.5 Å². The zero-order chi connectivity index (χ0) is 18.7. The van der Waals surface area contributed by atoms with Gasteiger partial charge in [0.25, 0.3) is 5.91 Å². The predicted molar refractivity (Wildman–Crippen MR) is 107 cm³/mol. The summed E-state index contributed by atoms with van der Waals surface area (Å²) < 4.78 is 11.8. The van der Waals surface area contributed by atoms with Gasteiger partial charge in [-0.05, 0) is 37.7 Å². The molecule has 1 amide bonds. The number of methoxy groups -OCH3 is 2. The van der Waals surface area contributed by atoms with Crippen LogP contribution in [0.1, 0.15) is 9.67 Å². The molecule has 26 heavy (non-hydrogen) atoms. The van der Waals surface area contributed by atoms with Crippen molar-refractivity contribution in [1.29, 1.82) is 0 Å². The van der Waals surface area contributed by atoms with Crippen molar-refractivity contribution in [2.24, 2.45) is 0 Å². The number of amides is 1. The number of nitrogens with zero attached hydrogens (tertiary/aromatic N) is 3. The highest BCUT2D eigenvalue weighted by Gasteiger charge is 2.24. The van der Waals surface area contributed by atoms with Gasteiger partial charge in [0.15, 0.2) is 5.13 Å². The fourth-order valence-electron chi connectivity index (χ4n) is 2.51. The van der Waals surface area contributed by atoms with Crippen LogP contribution in [-0.2, 0) is 0 Å². The van der Waals surface area contributed by atoms with Gasteiger partial charge >= 0.3 is 0 Å². The zero-order valence-electron chi connectivity index (χ0n) is 15.2. The van der Waals surface area contributed by atoms with Crippen molar-refractivity contribution in [2.75, 3.05) is 46.3 Å². The lowest BCUT2D eigenvalue weighted by Crippen LogP contribution is -2.36. The van der Waals surface area contributed by atoms with Gasteiger partial charge in [-0.25, -0.2) is 4.98 Å². The quantitative estimate of drug-likeness (QED) is 0.616. The molecule has 0 atom stereocenters. The summed E-state index contributed by atoms with van der Waals surface area (Å²) in [5, 5.41) is 2.55. The summed E-state index contributed by atoms with van der Waals surface area (Å²) in [5.41, 5.74) is 0.709. The molecule has 0 bridgehead atoms. The SMILES string of the molecule is COc1ccc(OC)c2sc(N(CCN(C)C)C(=O)c3cccs3)nc12. The maximum atomic E-state index is 13.0. The third kappa shape index (κ3) is 3.67. The molecule has 0 aliphatic rings. The van der Waals surface area contributed by atoms with Crippen LogP contribution < -0.4 is 14.4 Å². The first-order chi connectivity index (χ1) is 12.5. The minimum atomic E-state index is -0.0427. The standard InChI is InChI=1S/C18H21N3O3S2/c1-20(2)9-10-21(17(22)14-6-5-11-25-14)18-19-15-12(23-3)7-8-13(24-4)16(15)26-18/h5-8,11H,9-10H2,1-4H3. The Bertz CT molecular complexity index is 850. The summed E-state index contributed by atoms with van der Waals surface area (Å²) in [6.07, 6.45) is 0. The second-order valence-corrected chi connectivity index (χ2v) is 7.81. The predicted octanol–water partition coefficient (Wildman–Crippen LogP) is 3.58. The second-order valence-electron chi connectivity index (χ2n) is 5.88. The van der Waals surface area contributed by atoms with Gasteiger partial charge in [-0.1, -0.05) is 17.4 Å². The first-order valence-corrected chi connectivity index (χ1v) is 9.76. The number of carbonyl (C=O) groups is 1. The molecule has 0 unspecified atom stereocenters. The fraction of sp³-hybridized carbons (Fsp3) is 0.333. The molecule has 3 aromatic rings. The van der Waals surface area contributed by atoms with Crippen molar-refractivity contribution >= 4 is 43.9 Å². The number of carbonyl (C=O) groups excluding carboxylic acids is 1. The van der Waals surface area contributed by atoms with E-state index < -0.39 is 0 Å². The van der Waals surface area contributed by atoms with Crippen molar-refractivity contribution < 1.29 is 14.3 Å². The Morgan fingerprint density at radius 3 is 2.46 bits per heavy atom. The number of hydrogen-bond acceptors (Lipinski definition) is 7. The summed E-state index contributed by atoms with van der Waals surface area (Å²) in [7, 11) is 7.21. The van der Waals surface area contributed by atoms with Crippen LogP contribution in [0.5, 0.6) is 11.5 Å². The van der Waals surface area contributed by atoms with Crippen molar-refractivity contribution in [3.8, 4) is 11.5 Å². The smallest absolute Gasteiger partial charge is 0.270 e. The van der Waals surface area contributed by atoms with Gasteiger partial charge < -0.3 is 14.4 Å². The van der Waals surface area contributed by atoms with E-state index in [0.29, 0.717) is 27.8 Å². The zero-order valence-corrected chi connectivity index (χ0v) is 16.8. The first kappa shape index (κ1) is 18.6. The van der Waals surface area contributed by atoms with Crippen LogP contribution in [0, 0.1) is 0 Å². The molecule has 2 heterocycles. The van der Waals surface area contributed by atoms with Crippen molar-refractivity contribution in [1.82, 2.24) is 9.88 Å². The number of fused-ring (bicyclic) bond motifs is 1. The maximum absolute atomic E-state index is 13.0. The molecule has 0 fully saturated rings.